The van der Waals surface area contributed by atoms with Gasteiger partial charge in [0.05, 0.1) is 6.54 Å². The molecule has 1 heterocycles. The summed E-state index contributed by atoms with van der Waals surface area (Å²) in [5.41, 5.74) is 5.82. The summed E-state index contributed by atoms with van der Waals surface area (Å²) in [5.74, 6) is 1.21. The molecule has 0 amide bonds. The van der Waals surface area contributed by atoms with Gasteiger partial charge in [0.25, 0.3) is 0 Å². The lowest BCUT2D eigenvalue weighted by Gasteiger charge is -2.18. The Morgan fingerprint density at radius 3 is 2.60 bits per heavy atom. The van der Waals surface area contributed by atoms with Crippen LogP contribution >= 0.6 is 17.0 Å². The van der Waals surface area contributed by atoms with Gasteiger partial charge in [-0.25, -0.2) is 0 Å². The maximum Gasteiger partial charge on any atom is 0.176 e. The first-order valence-corrected chi connectivity index (χ1v) is 4.44. The normalized spacial score (nSPS) is 12.9. The Hall–Kier alpha value is -1.07. The van der Waals surface area contributed by atoms with Crippen LogP contribution < -0.4 is 15.2 Å². The molecule has 4 nitrogen and oxygen atoms in total. The lowest BCUT2D eigenvalue weighted by atomic mass is 10.1. The number of nitrogens with two attached hydrogens (primary N) is 1. The number of hydrogen-bond acceptors (Lipinski definition) is 4. The van der Waals surface area contributed by atoms with Crippen molar-refractivity contribution < 1.29 is 14.3 Å². The summed E-state index contributed by atoms with van der Waals surface area (Å²) >= 11 is 0. The van der Waals surface area contributed by atoms with E-state index in [1.807, 2.05) is 0 Å². The second-order valence-electron chi connectivity index (χ2n) is 2.99. The summed E-state index contributed by atoms with van der Waals surface area (Å²) in [6, 6.07) is 5.10. The van der Waals surface area contributed by atoms with Crippen molar-refractivity contribution in [3.05, 3.63) is 23.8 Å². The molecule has 0 saturated heterocycles. The minimum atomic E-state index is -0.0954. The van der Waals surface area contributed by atoms with E-state index in [4.69, 9.17) is 15.2 Å². The molecular formula is C10H12BrNO3. The molecular weight excluding hydrogens is 262 g/mol. The second-order valence-corrected chi connectivity index (χ2v) is 2.99. The van der Waals surface area contributed by atoms with E-state index in [0.29, 0.717) is 30.3 Å². The second kappa shape index (κ2) is 5.14. The fraction of sp³-hybridized carbons (Fsp3) is 0.300. The number of fused-ring (bicyclic) bond motifs is 1. The molecule has 0 fully saturated rings. The van der Waals surface area contributed by atoms with Crippen molar-refractivity contribution in [2.45, 2.75) is 0 Å². The van der Waals surface area contributed by atoms with Crippen LogP contribution in [0.25, 0.3) is 0 Å². The van der Waals surface area contributed by atoms with E-state index >= 15 is 0 Å². The number of hydrogen-bond donors (Lipinski definition) is 1. The number of carbonyl (C=O) groups is 1. The van der Waals surface area contributed by atoms with Gasteiger partial charge >= 0.3 is 0 Å². The van der Waals surface area contributed by atoms with Crippen molar-refractivity contribution in [3.8, 4) is 11.5 Å². The van der Waals surface area contributed by atoms with Gasteiger partial charge in [0, 0.05) is 5.56 Å². The summed E-state index contributed by atoms with van der Waals surface area (Å²) in [6.07, 6.45) is 0. The Morgan fingerprint density at radius 1 is 1.27 bits per heavy atom. The summed E-state index contributed by atoms with van der Waals surface area (Å²) in [5, 5.41) is 0. The van der Waals surface area contributed by atoms with E-state index in [-0.39, 0.29) is 29.3 Å². The molecule has 0 unspecified atom stereocenters. The molecule has 0 aliphatic carbocycles. The maximum absolute atomic E-state index is 11.3. The number of rotatable bonds is 2. The fourth-order valence-electron chi connectivity index (χ4n) is 1.33. The van der Waals surface area contributed by atoms with Crippen LogP contribution in [0.1, 0.15) is 10.4 Å². The standard InChI is InChI=1S/C10H11NO3.BrH/c11-6-8(12)7-1-2-9-10(5-7)14-4-3-13-9;/h1-2,5H,3-4,6,11H2;1H. The lowest BCUT2D eigenvalue weighted by Crippen LogP contribution is -2.17. The van der Waals surface area contributed by atoms with Crippen molar-refractivity contribution >= 4 is 22.8 Å². The number of Topliss-reactive ketones (excluding diaryl/α,β-unsaturated/α-hetero) is 1. The van der Waals surface area contributed by atoms with E-state index < -0.39 is 0 Å². The molecule has 0 atom stereocenters. The number of ketones is 1. The number of benzene rings is 1. The molecule has 0 spiro atoms. The molecule has 0 radical (unpaired) electrons. The molecule has 1 aliphatic heterocycles. The number of carbonyl (C=O) groups excluding carboxylic acids is 1. The van der Waals surface area contributed by atoms with Crippen molar-refractivity contribution in [2.75, 3.05) is 19.8 Å². The van der Waals surface area contributed by atoms with Gasteiger partial charge in [0.1, 0.15) is 13.2 Å². The van der Waals surface area contributed by atoms with Gasteiger partial charge in [0.15, 0.2) is 17.3 Å². The van der Waals surface area contributed by atoms with Crippen molar-refractivity contribution in [2.24, 2.45) is 5.73 Å². The molecule has 15 heavy (non-hydrogen) atoms. The van der Waals surface area contributed by atoms with Crippen LogP contribution in [-0.4, -0.2) is 25.5 Å². The van der Waals surface area contributed by atoms with Crippen LogP contribution in [0.5, 0.6) is 11.5 Å². The molecule has 1 aromatic rings. The highest BCUT2D eigenvalue weighted by molar-refractivity contribution is 8.93. The Labute approximate surface area is 98.1 Å². The van der Waals surface area contributed by atoms with Gasteiger partial charge in [-0.05, 0) is 18.2 Å². The van der Waals surface area contributed by atoms with Gasteiger partial charge in [-0.15, -0.1) is 17.0 Å². The summed E-state index contributed by atoms with van der Waals surface area (Å²) in [4.78, 5) is 11.3. The van der Waals surface area contributed by atoms with Gasteiger partial charge in [-0.3, -0.25) is 4.79 Å². The predicted octanol–water partition coefficient (Wildman–Crippen LogP) is 1.18. The first kappa shape index (κ1) is 12.0. The van der Waals surface area contributed by atoms with E-state index in [9.17, 15) is 4.79 Å². The van der Waals surface area contributed by atoms with Gasteiger partial charge in [-0.1, -0.05) is 0 Å². The molecule has 82 valence electrons. The molecule has 0 bridgehead atoms. The largest absolute Gasteiger partial charge is 0.486 e. The summed E-state index contributed by atoms with van der Waals surface area (Å²) in [6.45, 7) is 1.09. The van der Waals surface area contributed by atoms with Crippen molar-refractivity contribution in [3.63, 3.8) is 0 Å². The molecule has 0 aromatic heterocycles. The number of halogens is 1. The van der Waals surface area contributed by atoms with Crippen LogP contribution in [0.4, 0.5) is 0 Å². The Balaban J connectivity index is 0.00000112. The SMILES string of the molecule is Br.NCC(=O)c1ccc2c(c1)OCCO2. The summed E-state index contributed by atoms with van der Waals surface area (Å²) < 4.78 is 10.7. The smallest absolute Gasteiger partial charge is 0.176 e. The summed E-state index contributed by atoms with van der Waals surface area (Å²) in [7, 11) is 0. The molecule has 1 aliphatic rings. The number of ether oxygens (including phenoxy) is 2. The minimum Gasteiger partial charge on any atom is -0.486 e. The lowest BCUT2D eigenvalue weighted by molar-refractivity contribution is 0.1000. The highest BCUT2D eigenvalue weighted by Crippen LogP contribution is 2.30. The topological polar surface area (TPSA) is 61.6 Å². The van der Waals surface area contributed by atoms with Gasteiger partial charge < -0.3 is 15.2 Å². The average molecular weight is 274 g/mol. The Morgan fingerprint density at radius 2 is 1.93 bits per heavy atom. The zero-order chi connectivity index (χ0) is 9.97. The van der Waals surface area contributed by atoms with Crippen LogP contribution in [0.15, 0.2) is 18.2 Å². The van der Waals surface area contributed by atoms with Gasteiger partial charge in [0.2, 0.25) is 0 Å². The van der Waals surface area contributed by atoms with E-state index in [0.717, 1.165) is 0 Å². The van der Waals surface area contributed by atoms with Crippen LogP contribution in [-0.2, 0) is 0 Å². The Bertz CT molecular complexity index is 368. The maximum atomic E-state index is 11.3. The molecule has 0 saturated carbocycles. The van der Waals surface area contributed by atoms with E-state index in [2.05, 4.69) is 0 Å². The zero-order valence-corrected chi connectivity index (χ0v) is 9.78. The average Bonchev–Trinajstić information content (AvgIpc) is 2.27. The molecule has 5 heteroatoms. The molecule has 2 N–H and O–H groups in total. The van der Waals surface area contributed by atoms with Crippen molar-refractivity contribution in [1.29, 1.82) is 0 Å². The molecule has 2 rings (SSSR count). The molecule has 1 aromatic carbocycles. The van der Waals surface area contributed by atoms with Crippen LogP contribution in [0.3, 0.4) is 0 Å². The third kappa shape index (κ3) is 2.49. The third-order valence-corrected chi connectivity index (χ3v) is 2.05. The fourth-order valence-corrected chi connectivity index (χ4v) is 1.33. The van der Waals surface area contributed by atoms with Crippen LogP contribution in [0.2, 0.25) is 0 Å². The Kier molecular flexibility index (Phi) is 4.11. The quantitative estimate of drug-likeness (QED) is 0.822. The van der Waals surface area contributed by atoms with Crippen LogP contribution in [0, 0.1) is 0 Å². The first-order valence-electron chi connectivity index (χ1n) is 4.44. The first-order chi connectivity index (χ1) is 6.81. The van der Waals surface area contributed by atoms with Crippen molar-refractivity contribution in [1.82, 2.24) is 0 Å². The monoisotopic (exact) mass is 273 g/mol. The zero-order valence-electron chi connectivity index (χ0n) is 8.06. The van der Waals surface area contributed by atoms with Gasteiger partial charge in [-0.2, -0.15) is 0 Å². The predicted molar refractivity (Wildman–Crippen MR) is 61.1 cm³/mol. The third-order valence-electron chi connectivity index (χ3n) is 2.05. The van der Waals surface area contributed by atoms with E-state index in [1.54, 1.807) is 18.2 Å². The highest BCUT2D eigenvalue weighted by Gasteiger charge is 2.13. The van der Waals surface area contributed by atoms with E-state index in [1.165, 1.54) is 0 Å². The minimum absolute atomic E-state index is 0. The highest BCUT2D eigenvalue weighted by atomic mass is 79.9.